The molecule has 0 saturated heterocycles. The predicted octanol–water partition coefficient (Wildman–Crippen LogP) is 4.87. The molecule has 0 spiro atoms. The largest absolute Gasteiger partial charge is 0.497 e. The second-order valence-electron chi connectivity index (χ2n) is 7.09. The summed E-state index contributed by atoms with van der Waals surface area (Å²) in [7, 11) is 1.50. The molecule has 1 heterocycles. The first-order valence-electron chi connectivity index (χ1n) is 10.2. The molecule has 176 valence electrons. The van der Waals surface area contributed by atoms with Gasteiger partial charge in [-0.2, -0.15) is 5.10 Å². The van der Waals surface area contributed by atoms with Crippen molar-refractivity contribution >= 4 is 62.7 Å². The number of esters is 1. The Balaban J connectivity index is 1.36. The Labute approximate surface area is 209 Å². The van der Waals surface area contributed by atoms with Crippen LogP contribution in [0.15, 0.2) is 77.9 Å². The fraction of sp³-hybridized carbons (Fsp3) is 0.0400. The molecule has 0 bridgehead atoms. The number of hydrogen-bond donors (Lipinski definition) is 2. The van der Waals surface area contributed by atoms with Gasteiger partial charge in [-0.05, 0) is 35.9 Å². The van der Waals surface area contributed by atoms with Crippen LogP contribution in [0.4, 0.5) is 5.69 Å². The molecule has 0 aliphatic rings. The number of carbonyl (C=O) groups is 3. The van der Waals surface area contributed by atoms with Crippen molar-refractivity contribution < 1.29 is 23.9 Å². The molecule has 2 amide bonds. The first-order chi connectivity index (χ1) is 16.9. The number of hydrazone groups is 1. The number of nitrogens with zero attached hydrogens (tertiary/aromatic N) is 1. The van der Waals surface area contributed by atoms with Gasteiger partial charge < -0.3 is 14.8 Å². The molecule has 1 aromatic heterocycles. The van der Waals surface area contributed by atoms with Gasteiger partial charge in [0.1, 0.15) is 16.4 Å². The summed E-state index contributed by atoms with van der Waals surface area (Å²) in [6.45, 7) is 0. The van der Waals surface area contributed by atoms with Crippen LogP contribution in [0.1, 0.15) is 15.2 Å². The van der Waals surface area contributed by atoms with Gasteiger partial charge in [-0.1, -0.05) is 48.0 Å². The van der Waals surface area contributed by atoms with Crippen molar-refractivity contribution in [3.63, 3.8) is 0 Å². The zero-order chi connectivity index (χ0) is 24.8. The Kier molecular flexibility index (Phi) is 7.39. The molecular formula is C25H18ClN3O5S. The lowest BCUT2D eigenvalue weighted by Crippen LogP contribution is -2.32. The van der Waals surface area contributed by atoms with E-state index in [1.54, 1.807) is 48.5 Å². The average molecular weight is 508 g/mol. The first kappa shape index (κ1) is 23.9. The van der Waals surface area contributed by atoms with Crippen LogP contribution in [-0.2, 0) is 9.59 Å². The molecule has 0 unspecified atom stereocenters. The van der Waals surface area contributed by atoms with E-state index in [-0.39, 0.29) is 5.75 Å². The van der Waals surface area contributed by atoms with Crippen molar-refractivity contribution in [3.05, 3.63) is 88.3 Å². The lowest BCUT2D eigenvalue weighted by Gasteiger charge is -2.06. The molecule has 8 nitrogen and oxygen atoms in total. The minimum absolute atomic E-state index is 0.273. The number of amides is 2. The third-order valence-electron chi connectivity index (χ3n) is 4.70. The number of benzene rings is 3. The molecule has 0 fully saturated rings. The van der Waals surface area contributed by atoms with Gasteiger partial charge >= 0.3 is 17.8 Å². The van der Waals surface area contributed by atoms with Gasteiger partial charge in [0.05, 0.1) is 18.3 Å². The fourth-order valence-electron chi connectivity index (χ4n) is 3.06. The SMILES string of the molecule is COc1cccc(NC(=O)C(=O)N/N=C/c2cccc(OC(=O)c3sc4ccccc4c3Cl)c2)c1. The minimum atomic E-state index is -0.953. The van der Waals surface area contributed by atoms with E-state index in [0.717, 1.165) is 10.1 Å². The molecule has 0 radical (unpaired) electrons. The van der Waals surface area contributed by atoms with Gasteiger partial charge in [-0.25, -0.2) is 10.2 Å². The Morgan fingerprint density at radius 2 is 1.71 bits per heavy atom. The van der Waals surface area contributed by atoms with Crippen LogP contribution in [0.5, 0.6) is 11.5 Å². The molecular weight excluding hydrogens is 490 g/mol. The highest BCUT2D eigenvalue weighted by atomic mass is 35.5. The molecule has 10 heteroatoms. The topological polar surface area (TPSA) is 106 Å². The first-order valence-corrected chi connectivity index (χ1v) is 11.4. The molecule has 3 aromatic carbocycles. The lowest BCUT2D eigenvalue weighted by molar-refractivity contribution is -0.136. The van der Waals surface area contributed by atoms with Crippen LogP contribution in [-0.4, -0.2) is 31.1 Å². The molecule has 0 atom stereocenters. The second-order valence-corrected chi connectivity index (χ2v) is 8.52. The monoisotopic (exact) mass is 507 g/mol. The Hall–Kier alpha value is -4.21. The number of halogens is 1. The van der Waals surface area contributed by atoms with Crippen LogP contribution in [0.2, 0.25) is 5.02 Å². The average Bonchev–Trinajstić information content (AvgIpc) is 3.21. The predicted molar refractivity (Wildman–Crippen MR) is 136 cm³/mol. The Morgan fingerprint density at radius 3 is 2.51 bits per heavy atom. The van der Waals surface area contributed by atoms with Gasteiger partial charge in [0.15, 0.2) is 0 Å². The third-order valence-corrected chi connectivity index (χ3v) is 6.36. The number of rotatable bonds is 6. The van der Waals surface area contributed by atoms with Crippen LogP contribution >= 0.6 is 22.9 Å². The number of anilines is 1. The van der Waals surface area contributed by atoms with E-state index in [0.29, 0.717) is 26.9 Å². The van der Waals surface area contributed by atoms with Gasteiger partial charge in [0.2, 0.25) is 0 Å². The van der Waals surface area contributed by atoms with Crippen molar-refractivity contribution in [1.82, 2.24) is 5.43 Å². The summed E-state index contributed by atoms with van der Waals surface area (Å²) >= 11 is 7.60. The number of ether oxygens (including phenoxy) is 2. The Bertz CT molecular complexity index is 1450. The van der Waals surface area contributed by atoms with Crippen LogP contribution < -0.4 is 20.2 Å². The highest BCUT2D eigenvalue weighted by molar-refractivity contribution is 7.21. The lowest BCUT2D eigenvalue weighted by atomic mass is 10.2. The van der Waals surface area contributed by atoms with E-state index in [4.69, 9.17) is 21.1 Å². The van der Waals surface area contributed by atoms with E-state index >= 15 is 0 Å². The van der Waals surface area contributed by atoms with E-state index in [9.17, 15) is 14.4 Å². The van der Waals surface area contributed by atoms with E-state index < -0.39 is 17.8 Å². The third kappa shape index (κ3) is 5.84. The summed E-state index contributed by atoms with van der Waals surface area (Å²) in [5.41, 5.74) is 3.09. The van der Waals surface area contributed by atoms with Crippen molar-refractivity contribution in [2.45, 2.75) is 0 Å². The molecule has 35 heavy (non-hydrogen) atoms. The van der Waals surface area contributed by atoms with Crippen molar-refractivity contribution in [1.29, 1.82) is 0 Å². The normalized spacial score (nSPS) is 10.8. The molecule has 0 aliphatic carbocycles. The fourth-order valence-corrected chi connectivity index (χ4v) is 4.45. The molecule has 4 aromatic rings. The maximum absolute atomic E-state index is 12.6. The van der Waals surface area contributed by atoms with Gasteiger partial charge in [0, 0.05) is 21.8 Å². The summed E-state index contributed by atoms with van der Waals surface area (Å²) in [5.74, 6) is -1.61. The molecule has 4 rings (SSSR count). The minimum Gasteiger partial charge on any atom is -0.497 e. The molecule has 2 N–H and O–H groups in total. The zero-order valence-corrected chi connectivity index (χ0v) is 19.9. The number of methoxy groups -OCH3 is 1. The summed E-state index contributed by atoms with van der Waals surface area (Å²) in [4.78, 5) is 37.0. The molecule has 0 aliphatic heterocycles. The van der Waals surface area contributed by atoms with Crippen molar-refractivity contribution in [2.24, 2.45) is 5.10 Å². The van der Waals surface area contributed by atoms with Crippen LogP contribution in [0, 0.1) is 0 Å². The maximum Gasteiger partial charge on any atom is 0.355 e. The molecule has 0 saturated carbocycles. The highest BCUT2D eigenvalue weighted by Crippen LogP contribution is 2.35. The zero-order valence-electron chi connectivity index (χ0n) is 18.3. The maximum atomic E-state index is 12.6. The second kappa shape index (κ2) is 10.8. The number of nitrogens with one attached hydrogen (secondary N) is 2. The summed E-state index contributed by atoms with van der Waals surface area (Å²) in [5, 5.41) is 7.38. The van der Waals surface area contributed by atoms with Crippen LogP contribution in [0.3, 0.4) is 0 Å². The van der Waals surface area contributed by atoms with Crippen LogP contribution in [0.25, 0.3) is 10.1 Å². The quantitative estimate of drug-likeness (QED) is 0.127. The van der Waals surface area contributed by atoms with Crippen molar-refractivity contribution in [2.75, 3.05) is 12.4 Å². The smallest absolute Gasteiger partial charge is 0.355 e. The van der Waals surface area contributed by atoms with E-state index in [1.165, 1.54) is 24.7 Å². The number of fused-ring (bicyclic) bond motifs is 1. The van der Waals surface area contributed by atoms with E-state index in [2.05, 4.69) is 15.8 Å². The van der Waals surface area contributed by atoms with E-state index in [1.807, 2.05) is 24.3 Å². The van der Waals surface area contributed by atoms with Gasteiger partial charge in [-0.15, -0.1) is 11.3 Å². The Morgan fingerprint density at radius 1 is 0.943 bits per heavy atom. The number of hydrogen-bond acceptors (Lipinski definition) is 7. The summed E-state index contributed by atoms with van der Waals surface area (Å²) in [6, 6.07) is 20.5. The summed E-state index contributed by atoms with van der Waals surface area (Å²) in [6.07, 6.45) is 1.32. The standard InChI is InChI=1S/C25H18ClN3O5S/c1-33-17-8-5-7-16(13-17)28-23(30)24(31)29-27-14-15-6-4-9-18(12-15)34-25(32)22-21(26)19-10-2-3-11-20(19)35-22/h2-14H,1H3,(H,28,30)(H,29,31)/b27-14+. The van der Waals surface area contributed by atoms with Gasteiger partial charge in [-0.3, -0.25) is 9.59 Å². The number of carbonyl (C=O) groups excluding carboxylic acids is 3. The highest BCUT2D eigenvalue weighted by Gasteiger charge is 2.19. The van der Waals surface area contributed by atoms with Gasteiger partial charge in [0.25, 0.3) is 0 Å². The van der Waals surface area contributed by atoms with Crippen molar-refractivity contribution in [3.8, 4) is 11.5 Å². The summed E-state index contributed by atoms with van der Waals surface area (Å²) < 4.78 is 11.4. The number of thiophene rings is 1.